The first-order valence-electron chi connectivity index (χ1n) is 8.32. The second-order valence-electron chi connectivity index (χ2n) is 6.28. The molecule has 0 radical (unpaired) electrons. The predicted octanol–water partition coefficient (Wildman–Crippen LogP) is 4.51. The number of anilines is 1. The maximum Gasteiger partial charge on any atom is 0.262 e. The van der Waals surface area contributed by atoms with Gasteiger partial charge in [0.15, 0.2) is 18.1 Å². The maximum atomic E-state index is 12.1. The van der Waals surface area contributed by atoms with E-state index in [2.05, 4.69) is 21.2 Å². The number of carbonyl (C=O) groups excluding carboxylic acids is 1. The van der Waals surface area contributed by atoms with Gasteiger partial charge in [-0.1, -0.05) is 22.0 Å². The zero-order valence-electron chi connectivity index (χ0n) is 13.6. The summed E-state index contributed by atoms with van der Waals surface area (Å²) in [5.41, 5.74) is 0.667. The van der Waals surface area contributed by atoms with Crippen LogP contribution >= 0.6 is 15.9 Å². The summed E-state index contributed by atoms with van der Waals surface area (Å²) in [6.07, 6.45) is 4.04. The topological polar surface area (TPSA) is 56.8 Å². The molecule has 2 aromatic rings. The Morgan fingerprint density at radius 1 is 1.12 bits per heavy atom. The zero-order valence-corrected chi connectivity index (χ0v) is 15.2. The van der Waals surface area contributed by atoms with E-state index in [9.17, 15) is 4.79 Å². The summed E-state index contributed by atoms with van der Waals surface area (Å²) in [6, 6.07) is 12.8. The summed E-state index contributed by atoms with van der Waals surface area (Å²) in [4.78, 5) is 12.1. The molecule has 2 aliphatic rings. The highest BCUT2D eigenvalue weighted by atomic mass is 79.9. The molecular weight excluding hydrogens is 386 g/mol. The standard InChI is InChI=1S/C19H18BrNO4/c20-13-4-3-5-15(10-13)23-12-18(22)21-14-6-7-16-17(11-14)25-19(24-16)8-1-2-9-19/h3-7,10-11H,1-2,8-9,12H2,(H,21,22). The Morgan fingerprint density at radius 2 is 1.92 bits per heavy atom. The van der Waals surface area contributed by atoms with Gasteiger partial charge in [0.2, 0.25) is 0 Å². The SMILES string of the molecule is O=C(COc1cccc(Br)c1)Nc1ccc2c(c1)OC1(CCCC1)O2. The number of fused-ring (bicyclic) bond motifs is 1. The highest BCUT2D eigenvalue weighted by Gasteiger charge is 2.44. The van der Waals surface area contributed by atoms with E-state index in [0.29, 0.717) is 17.2 Å². The normalized spacial score (nSPS) is 16.8. The predicted molar refractivity (Wildman–Crippen MR) is 97.2 cm³/mol. The molecule has 6 heteroatoms. The van der Waals surface area contributed by atoms with Crippen molar-refractivity contribution < 1.29 is 19.0 Å². The molecule has 1 heterocycles. The van der Waals surface area contributed by atoms with E-state index in [0.717, 1.165) is 35.9 Å². The van der Waals surface area contributed by atoms with E-state index in [4.69, 9.17) is 14.2 Å². The third-order valence-corrected chi connectivity index (χ3v) is 4.84. The summed E-state index contributed by atoms with van der Waals surface area (Å²) in [7, 11) is 0. The molecule has 25 heavy (non-hydrogen) atoms. The van der Waals surface area contributed by atoms with Crippen LogP contribution in [0.2, 0.25) is 0 Å². The van der Waals surface area contributed by atoms with Crippen molar-refractivity contribution in [3.63, 3.8) is 0 Å². The van der Waals surface area contributed by atoms with Crippen molar-refractivity contribution in [3.05, 3.63) is 46.9 Å². The van der Waals surface area contributed by atoms with Crippen molar-refractivity contribution in [3.8, 4) is 17.2 Å². The number of ether oxygens (including phenoxy) is 3. The summed E-state index contributed by atoms with van der Waals surface area (Å²) in [6.45, 7) is -0.0607. The summed E-state index contributed by atoms with van der Waals surface area (Å²) in [5, 5.41) is 2.82. The van der Waals surface area contributed by atoms with Gasteiger partial charge in [0.25, 0.3) is 11.7 Å². The summed E-state index contributed by atoms with van der Waals surface area (Å²) < 4.78 is 18.4. The van der Waals surface area contributed by atoms with Crippen LogP contribution in [-0.2, 0) is 4.79 Å². The van der Waals surface area contributed by atoms with Gasteiger partial charge in [-0.3, -0.25) is 4.79 Å². The molecular formula is C19H18BrNO4. The molecule has 0 aromatic heterocycles. The lowest BCUT2D eigenvalue weighted by Crippen LogP contribution is -2.34. The van der Waals surface area contributed by atoms with E-state index in [1.807, 2.05) is 30.3 Å². The van der Waals surface area contributed by atoms with E-state index in [-0.39, 0.29) is 12.5 Å². The molecule has 0 bridgehead atoms. The minimum atomic E-state index is -0.491. The average molecular weight is 404 g/mol. The Kier molecular flexibility index (Phi) is 4.29. The number of hydrogen-bond donors (Lipinski definition) is 1. The fourth-order valence-corrected chi connectivity index (χ4v) is 3.57. The lowest BCUT2D eigenvalue weighted by atomic mass is 10.2. The zero-order chi connectivity index (χ0) is 17.3. The first-order valence-corrected chi connectivity index (χ1v) is 9.12. The average Bonchev–Trinajstić information content (AvgIpc) is 3.19. The molecule has 4 rings (SSSR count). The number of rotatable bonds is 4. The molecule has 0 atom stereocenters. The van der Waals surface area contributed by atoms with E-state index in [1.54, 1.807) is 12.1 Å². The van der Waals surface area contributed by atoms with Crippen molar-refractivity contribution in [2.45, 2.75) is 31.5 Å². The maximum absolute atomic E-state index is 12.1. The second-order valence-corrected chi connectivity index (χ2v) is 7.19. The van der Waals surface area contributed by atoms with Gasteiger partial charge in [0.05, 0.1) is 0 Å². The fraction of sp³-hybridized carbons (Fsp3) is 0.316. The third-order valence-electron chi connectivity index (χ3n) is 4.35. The Morgan fingerprint density at radius 3 is 2.72 bits per heavy atom. The van der Waals surface area contributed by atoms with E-state index < -0.39 is 5.79 Å². The van der Waals surface area contributed by atoms with E-state index >= 15 is 0 Å². The molecule has 1 amide bonds. The Balaban J connectivity index is 1.36. The van der Waals surface area contributed by atoms with Crippen LogP contribution in [0.4, 0.5) is 5.69 Å². The highest BCUT2D eigenvalue weighted by molar-refractivity contribution is 9.10. The van der Waals surface area contributed by atoms with Gasteiger partial charge in [-0.05, 0) is 43.2 Å². The van der Waals surface area contributed by atoms with Crippen LogP contribution in [0.1, 0.15) is 25.7 Å². The molecule has 130 valence electrons. The monoisotopic (exact) mass is 403 g/mol. The van der Waals surface area contributed by atoms with Crippen LogP contribution < -0.4 is 19.5 Å². The van der Waals surface area contributed by atoms with Crippen molar-refractivity contribution in [1.82, 2.24) is 0 Å². The van der Waals surface area contributed by atoms with Crippen LogP contribution in [0, 0.1) is 0 Å². The molecule has 2 aromatic carbocycles. The molecule has 1 saturated carbocycles. The van der Waals surface area contributed by atoms with Gasteiger partial charge >= 0.3 is 0 Å². The first kappa shape index (κ1) is 16.3. The third kappa shape index (κ3) is 3.58. The first-order chi connectivity index (χ1) is 12.1. The molecule has 1 aliphatic carbocycles. The molecule has 1 N–H and O–H groups in total. The number of nitrogens with one attached hydrogen (secondary N) is 1. The van der Waals surface area contributed by atoms with Gasteiger partial charge in [0, 0.05) is 29.1 Å². The number of amides is 1. The van der Waals surface area contributed by atoms with Gasteiger partial charge in [0.1, 0.15) is 5.75 Å². The lowest BCUT2D eigenvalue weighted by Gasteiger charge is -2.21. The molecule has 1 aliphatic heterocycles. The number of carbonyl (C=O) groups is 1. The van der Waals surface area contributed by atoms with Crippen LogP contribution in [-0.4, -0.2) is 18.3 Å². The number of halogens is 1. The lowest BCUT2D eigenvalue weighted by molar-refractivity contribution is -0.118. The van der Waals surface area contributed by atoms with Crippen molar-refractivity contribution >= 4 is 27.5 Å². The summed E-state index contributed by atoms with van der Waals surface area (Å²) in [5.74, 6) is 1.35. The smallest absolute Gasteiger partial charge is 0.262 e. The highest BCUT2D eigenvalue weighted by Crippen LogP contribution is 2.47. The molecule has 5 nitrogen and oxygen atoms in total. The molecule has 0 unspecified atom stereocenters. The largest absolute Gasteiger partial charge is 0.484 e. The molecule has 0 saturated heterocycles. The fourth-order valence-electron chi connectivity index (χ4n) is 3.19. The van der Waals surface area contributed by atoms with Crippen LogP contribution in [0.3, 0.4) is 0 Å². The van der Waals surface area contributed by atoms with Gasteiger partial charge in [-0.25, -0.2) is 0 Å². The van der Waals surface area contributed by atoms with Crippen LogP contribution in [0.5, 0.6) is 17.2 Å². The quantitative estimate of drug-likeness (QED) is 0.815. The van der Waals surface area contributed by atoms with Crippen molar-refractivity contribution in [1.29, 1.82) is 0 Å². The number of benzene rings is 2. The molecule has 1 fully saturated rings. The van der Waals surface area contributed by atoms with Crippen LogP contribution in [0.25, 0.3) is 0 Å². The Labute approximate surface area is 154 Å². The van der Waals surface area contributed by atoms with E-state index in [1.165, 1.54) is 0 Å². The van der Waals surface area contributed by atoms with Crippen LogP contribution in [0.15, 0.2) is 46.9 Å². The van der Waals surface area contributed by atoms with Crippen molar-refractivity contribution in [2.75, 3.05) is 11.9 Å². The number of hydrogen-bond acceptors (Lipinski definition) is 4. The van der Waals surface area contributed by atoms with Crippen molar-refractivity contribution in [2.24, 2.45) is 0 Å². The summed E-state index contributed by atoms with van der Waals surface area (Å²) >= 11 is 3.37. The Bertz CT molecular complexity index is 802. The minimum Gasteiger partial charge on any atom is -0.484 e. The van der Waals surface area contributed by atoms with Gasteiger partial charge in [-0.15, -0.1) is 0 Å². The molecule has 1 spiro atoms. The Hall–Kier alpha value is -2.21. The van der Waals surface area contributed by atoms with Gasteiger partial charge < -0.3 is 19.5 Å². The van der Waals surface area contributed by atoms with Gasteiger partial charge in [-0.2, -0.15) is 0 Å². The minimum absolute atomic E-state index is 0.0607. The second kappa shape index (κ2) is 6.59.